The van der Waals surface area contributed by atoms with E-state index in [4.69, 9.17) is 28.8 Å². The van der Waals surface area contributed by atoms with Crippen LogP contribution in [0.5, 0.6) is 0 Å². The van der Waals surface area contributed by atoms with Crippen LogP contribution in [0.4, 0.5) is 5.69 Å². The van der Waals surface area contributed by atoms with Crippen molar-refractivity contribution in [2.24, 2.45) is 11.5 Å². The summed E-state index contributed by atoms with van der Waals surface area (Å²) in [4.78, 5) is 0. The highest BCUT2D eigenvalue weighted by atomic mass is 35.5. The SMILES string of the molecule is CCN.CCN.Cc1ccc(N)cc1Cl. The lowest BCUT2D eigenvalue weighted by Gasteiger charge is -1.96. The maximum atomic E-state index is 5.73. The van der Waals surface area contributed by atoms with Gasteiger partial charge in [-0.1, -0.05) is 31.5 Å². The Hall–Kier alpha value is -0.770. The molecule has 0 aliphatic heterocycles. The van der Waals surface area contributed by atoms with E-state index in [-0.39, 0.29) is 0 Å². The normalized spacial score (nSPS) is 8.13. The number of aryl methyl sites for hydroxylation is 1. The van der Waals surface area contributed by atoms with E-state index in [1.807, 2.05) is 32.9 Å². The Bertz CT molecular complexity index is 250. The van der Waals surface area contributed by atoms with Gasteiger partial charge in [-0.25, -0.2) is 0 Å². The highest BCUT2D eigenvalue weighted by molar-refractivity contribution is 6.31. The molecule has 0 spiro atoms. The second-order valence-electron chi connectivity index (χ2n) is 2.83. The molecule has 3 nitrogen and oxygen atoms in total. The van der Waals surface area contributed by atoms with Gasteiger partial charge in [-0.3, -0.25) is 0 Å². The first-order chi connectivity index (χ1) is 7.03. The molecule has 0 aliphatic rings. The first kappa shape index (κ1) is 16.7. The number of hydrogen-bond donors (Lipinski definition) is 3. The summed E-state index contributed by atoms with van der Waals surface area (Å²) in [6.45, 7) is 7.25. The van der Waals surface area contributed by atoms with Crippen LogP contribution in [0, 0.1) is 6.92 Å². The molecule has 1 aromatic rings. The van der Waals surface area contributed by atoms with Crippen LogP contribution in [0.25, 0.3) is 0 Å². The molecule has 1 rings (SSSR count). The van der Waals surface area contributed by atoms with Crippen LogP contribution in [0.1, 0.15) is 19.4 Å². The molecule has 4 heteroatoms. The zero-order chi connectivity index (χ0) is 12.3. The van der Waals surface area contributed by atoms with Crippen molar-refractivity contribution in [1.29, 1.82) is 0 Å². The Labute approximate surface area is 97.6 Å². The molecule has 88 valence electrons. The van der Waals surface area contributed by atoms with Crippen molar-refractivity contribution in [3.63, 3.8) is 0 Å². The molecular formula is C11H22ClN3. The molecule has 0 fully saturated rings. The summed E-state index contributed by atoms with van der Waals surface area (Å²) in [5.74, 6) is 0. The van der Waals surface area contributed by atoms with Crippen LogP contribution in [-0.2, 0) is 0 Å². The number of halogens is 1. The third-order valence-electron chi connectivity index (χ3n) is 1.20. The summed E-state index contributed by atoms with van der Waals surface area (Å²) >= 11 is 5.73. The number of anilines is 1. The van der Waals surface area contributed by atoms with Crippen molar-refractivity contribution in [3.05, 3.63) is 28.8 Å². The van der Waals surface area contributed by atoms with Gasteiger partial charge < -0.3 is 17.2 Å². The van der Waals surface area contributed by atoms with Crippen LogP contribution >= 0.6 is 11.6 Å². The fourth-order valence-electron chi connectivity index (χ4n) is 0.609. The second kappa shape index (κ2) is 11.3. The molecule has 15 heavy (non-hydrogen) atoms. The Morgan fingerprint density at radius 1 is 1.13 bits per heavy atom. The van der Waals surface area contributed by atoms with Crippen LogP contribution in [0.3, 0.4) is 0 Å². The third-order valence-corrected chi connectivity index (χ3v) is 1.60. The summed E-state index contributed by atoms with van der Waals surface area (Å²) in [5.41, 5.74) is 16.9. The minimum Gasteiger partial charge on any atom is -0.399 e. The molecule has 0 unspecified atom stereocenters. The number of nitrogens with two attached hydrogens (primary N) is 3. The van der Waals surface area contributed by atoms with Gasteiger partial charge in [-0.15, -0.1) is 0 Å². The summed E-state index contributed by atoms with van der Waals surface area (Å²) in [6, 6.07) is 5.48. The summed E-state index contributed by atoms with van der Waals surface area (Å²) in [7, 11) is 0. The Balaban J connectivity index is 0. The average Bonchev–Trinajstić information content (AvgIpc) is 2.14. The molecular weight excluding hydrogens is 210 g/mol. The number of hydrogen-bond acceptors (Lipinski definition) is 3. The van der Waals surface area contributed by atoms with Crippen molar-refractivity contribution in [1.82, 2.24) is 0 Å². The third kappa shape index (κ3) is 11.2. The minimum atomic E-state index is 0.714. The minimum absolute atomic E-state index is 0.714. The maximum absolute atomic E-state index is 5.73. The van der Waals surface area contributed by atoms with Crippen molar-refractivity contribution < 1.29 is 0 Å². The monoisotopic (exact) mass is 231 g/mol. The first-order valence-electron chi connectivity index (χ1n) is 4.95. The lowest BCUT2D eigenvalue weighted by Crippen LogP contribution is -1.87. The van der Waals surface area contributed by atoms with E-state index in [9.17, 15) is 0 Å². The summed E-state index contributed by atoms with van der Waals surface area (Å²) in [6.07, 6.45) is 0. The zero-order valence-electron chi connectivity index (χ0n) is 9.76. The van der Waals surface area contributed by atoms with Gasteiger partial charge in [0.05, 0.1) is 0 Å². The van der Waals surface area contributed by atoms with Gasteiger partial charge in [0.1, 0.15) is 0 Å². The van der Waals surface area contributed by atoms with E-state index in [1.54, 1.807) is 6.07 Å². The first-order valence-corrected chi connectivity index (χ1v) is 5.32. The lowest BCUT2D eigenvalue weighted by atomic mass is 10.2. The maximum Gasteiger partial charge on any atom is 0.0455 e. The fraction of sp³-hybridized carbons (Fsp3) is 0.455. The molecule has 0 saturated heterocycles. The smallest absolute Gasteiger partial charge is 0.0455 e. The quantitative estimate of drug-likeness (QED) is 0.599. The molecule has 0 saturated carbocycles. The number of nitrogen functional groups attached to an aromatic ring is 1. The zero-order valence-corrected chi connectivity index (χ0v) is 10.5. The highest BCUT2D eigenvalue weighted by Crippen LogP contribution is 2.17. The Morgan fingerprint density at radius 3 is 1.80 bits per heavy atom. The van der Waals surface area contributed by atoms with Crippen LogP contribution < -0.4 is 17.2 Å². The van der Waals surface area contributed by atoms with Gasteiger partial charge in [0, 0.05) is 10.7 Å². The summed E-state index contributed by atoms with van der Waals surface area (Å²) < 4.78 is 0. The van der Waals surface area contributed by atoms with E-state index < -0.39 is 0 Å². The van der Waals surface area contributed by atoms with Gasteiger partial charge in [-0.05, 0) is 37.7 Å². The van der Waals surface area contributed by atoms with Crippen molar-refractivity contribution >= 4 is 17.3 Å². The van der Waals surface area contributed by atoms with E-state index in [0.717, 1.165) is 23.7 Å². The largest absolute Gasteiger partial charge is 0.399 e. The number of rotatable bonds is 0. The second-order valence-corrected chi connectivity index (χ2v) is 3.23. The fourth-order valence-corrected chi connectivity index (χ4v) is 0.798. The molecule has 0 bridgehead atoms. The van der Waals surface area contributed by atoms with Crippen molar-refractivity contribution in [3.8, 4) is 0 Å². The molecule has 0 amide bonds. The molecule has 0 atom stereocenters. The van der Waals surface area contributed by atoms with Crippen molar-refractivity contribution in [2.45, 2.75) is 20.8 Å². The molecule has 0 radical (unpaired) electrons. The van der Waals surface area contributed by atoms with Gasteiger partial charge in [-0.2, -0.15) is 0 Å². The van der Waals surface area contributed by atoms with Gasteiger partial charge in [0.25, 0.3) is 0 Å². The van der Waals surface area contributed by atoms with Gasteiger partial charge >= 0.3 is 0 Å². The molecule has 6 N–H and O–H groups in total. The standard InChI is InChI=1S/C7H8ClN.2C2H7N/c1-5-2-3-6(9)4-7(5)8;2*1-2-3/h2-4H,9H2,1H3;2*2-3H2,1H3. The summed E-state index contributed by atoms with van der Waals surface area (Å²) in [5, 5.41) is 0.731. The predicted octanol–water partition coefficient (Wildman–Crippen LogP) is 2.16. The highest BCUT2D eigenvalue weighted by Gasteiger charge is 1.91. The molecule has 0 aromatic heterocycles. The van der Waals surface area contributed by atoms with Gasteiger partial charge in [0.15, 0.2) is 0 Å². The van der Waals surface area contributed by atoms with Crippen LogP contribution in [0.15, 0.2) is 18.2 Å². The molecule has 1 aromatic carbocycles. The number of benzene rings is 1. The van der Waals surface area contributed by atoms with Crippen LogP contribution in [-0.4, -0.2) is 13.1 Å². The Morgan fingerprint density at radius 2 is 1.53 bits per heavy atom. The molecule has 0 heterocycles. The Kier molecular flexibility index (Phi) is 12.6. The average molecular weight is 232 g/mol. The van der Waals surface area contributed by atoms with Gasteiger partial charge in [0.2, 0.25) is 0 Å². The molecule has 0 aliphatic carbocycles. The van der Waals surface area contributed by atoms with E-state index >= 15 is 0 Å². The van der Waals surface area contributed by atoms with E-state index in [0.29, 0.717) is 5.69 Å². The van der Waals surface area contributed by atoms with E-state index in [2.05, 4.69) is 0 Å². The van der Waals surface area contributed by atoms with E-state index in [1.165, 1.54) is 0 Å². The topological polar surface area (TPSA) is 78.1 Å². The van der Waals surface area contributed by atoms with Crippen LogP contribution in [0.2, 0.25) is 5.02 Å². The lowest BCUT2D eigenvalue weighted by molar-refractivity contribution is 1.14. The van der Waals surface area contributed by atoms with Crippen molar-refractivity contribution in [2.75, 3.05) is 18.8 Å². The predicted molar refractivity (Wildman–Crippen MR) is 70.1 cm³/mol.